The molecule has 2 aromatic rings. The van der Waals surface area contributed by atoms with E-state index in [0.29, 0.717) is 16.5 Å². The van der Waals surface area contributed by atoms with E-state index in [1.165, 1.54) is 5.56 Å². The molecule has 0 aliphatic carbocycles. The van der Waals surface area contributed by atoms with E-state index in [2.05, 4.69) is 0 Å². The van der Waals surface area contributed by atoms with Gasteiger partial charge < -0.3 is 5.73 Å². The molecule has 0 saturated carbocycles. The normalized spacial score (nSPS) is 12.1. The maximum atomic E-state index is 11.7. The number of aryl methyl sites for hydroxylation is 1. The lowest BCUT2D eigenvalue weighted by Crippen LogP contribution is -2.22. The molecule has 1 amide bonds. The molecule has 2 rings (SSSR count). The van der Waals surface area contributed by atoms with Crippen LogP contribution in [0.1, 0.15) is 23.5 Å². The highest BCUT2D eigenvalue weighted by Gasteiger charge is 2.18. The number of nitrogens with two attached hydrogens (primary N) is 1. The lowest BCUT2D eigenvalue weighted by atomic mass is 9.92. The molecule has 0 fully saturated rings. The van der Waals surface area contributed by atoms with Gasteiger partial charge in [0.1, 0.15) is 0 Å². The van der Waals surface area contributed by atoms with Gasteiger partial charge in [-0.3, -0.25) is 4.79 Å². The van der Waals surface area contributed by atoms with Crippen molar-refractivity contribution in [3.63, 3.8) is 0 Å². The quantitative estimate of drug-likeness (QED) is 0.884. The summed E-state index contributed by atoms with van der Waals surface area (Å²) in [5.41, 5.74) is 7.49. The Morgan fingerprint density at radius 1 is 1.05 bits per heavy atom. The van der Waals surface area contributed by atoms with Crippen molar-refractivity contribution in [2.75, 3.05) is 0 Å². The smallest absolute Gasteiger partial charge is 0.224 e. The van der Waals surface area contributed by atoms with Crippen LogP contribution in [0.5, 0.6) is 0 Å². The Labute approximate surface area is 128 Å². The molecule has 2 nitrogen and oxygen atoms in total. The highest BCUT2D eigenvalue weighted by atomic mass is 35.5. The van der Waals surface area contributed by atoms with E-state index in [4.69, 9.17) is 28.9 Å². The highest BCUT2D eigenvalue weighted by molar-refractivity contribution is 6.42. The second kappa shape index (κ2) is 6.78. The molecule has 0 radical (unpaired) electrons. The third-order valence-electron chi connectivity index (χ3n) is 3.25. The van der Waals surface area contributed by atoms with Gasteiger partial charge in [0, 0.05) is 0 Å². The fourth-order valence-electron chi connectivity index (χ4n) is 2.16. The summed E-state index contributed by atoms with van der Waals surface area (Å²) in [5.74, 6) is -0.704. The zero-order valence-corrected chi connectivity index (χ0v) is 12.4. The van der Waals surface area contributed by atoms with Gasteiger partial charge in [-0.1, -0.05) is 59.6 Å². The SMILES string of the molecule is NC(=O)C(CCc1ccccc1)c1ccc(Cl)c(Cl)c1. The van der Waals surface area contributed by atoms with Gasteiger partial charge in [-0.15, -0.1) is 0 Å². The molecule has 0 aliphatic heterocycles. The summed E-state index contributed by atoms with van der Waals surface area (Å²) in [5, 5.41) is 0.914. The summed E-state index contributed by atoms with van der Waals surface area (Å²) < 4.78 is 0. The summed E-state index contributed by atoms with van der Waals surface area (Å²) in [6.45, 7) is 0. The van der Waals surface area contributed by atoms with E-state index in [1.54, 1.807) is 18.2 Å². The van der Waals surface area contributed by atoms with Crippen molar-refractivity contribution in [2.24, 2.45) is 5.73 Å². The zero-order valence-electron chi connectivity index (χ0n) is 10.9. The van der Waals surface area contributed by atoms with Crippen molar-refractivity contribution in [3.8, 4) is 0 Å². The molecule has 0 aliphatic rings. The number of rotatable bonds is 5. The van der Waals surface area contributed by atoms with E-state index < -0.39 is 0 Å². The second-order valence-corrected chi connectivity index (χ2v) is 5.47. The van der Waals surface area contributed by atoms with Crippen LogP contribution >= 0.6 is 23.2 Å². The lowest BCUT2D eigenvalue weighted by molar-refractivity contribution is -0.119. The summed E-state index contributed by atoms with van der Waals surface area (Å²) in [4.78, 5) is 11.7. The maximum Gasteiger partial charge on any atom is 0.224 e. The van der Waals surface area contributed by atoms with Gasteiger partial charge in [-0.2, -0.15) is 0 Å². The minimum Gasteiger partial charge on any atom is -0.369 e. The molecular weight excluding hydrogens is 293 g/mol. The van der Waals surface area contributed by atoms with Crippen molar-refractivity contribution < 1.29 is 4.79 Å². The Morgan fingerprint density at radius 3 is 2.35 bits per heavy atom. The van der Waals surface area contributed by atoms with Gasteiger partial charge in [0.2, 0.25) is 5.91 Å². The Balaban J connectivity index is 2.15. The van der Waals surface area contributed by atoms with Crippen molar-refractivity contribution in [1.29, 1.82) is 0 Å². The fraction of sp³-hybridized carbons (Fsp3) is 0.188. The van der Waals surface area contributed by atoms with Gasteiger partial charge in [-0.25, -0.2) is 0 Å². The summed E-state index contributed by atoms with van der Waals surface area (Å²) in [7, 11) is 0. The van der Waals surface area contributed by atoms with E-state index in [9.17, 15) is 4.79 Å². The van der Waals surface area contributed by atoms with Crippen LogP contribution in [0.2, 0.25) is 10.0 Å². The molecule has 4 heteroatoms. The predicted molar refractivity (Wildman–Crippen MR) is 83.2 cm³/mol. The van der Waals surface area contributed by atoms with Gasteiger partial charge >= 0.3 is 0 Å². The first kappa shape index (κ1) is 14.9. The topological polar surface area (TPSA) is 43.1 Å². The summed E-state index contributed by atoms with van der Waals surface area (Å²) in [6, 6.07) is 15.2. The molecule has 1 unspecified atom stereocenters. The first-order valence-corrected chi connectivity index (χ1v) is 7.11. The standard InChI is InChI=1S/C16H15Cl2NO/c17-14-9-7-12(10-15(14)18)13(16(19)20)8-6-11-4-2-1-3-5-11/h1-5,7,9-10,13H,6,8H2,(H2,19,20). The monoisotopic (exact) mass is 307 g/mol. The molecule has 0 heterocycles. The molecule has 104 valence electrons. The van der Waals surface area contributed by atoms with Crippen LogP contribution in [0.4, 0.5) is 0 Å². The Bertz CT molecular complexity index is 599. The number of carbonyl (C=O) groups excluding carboxylic acids is 1. The molecule has 0 aromatic heterocycles. The molecule has 0 spiro atoms. The van der Waals surface area contributed by atoms with Crippen LogP contribution in [0.3, 0.4) is 0 Å². The van der Waals surface area contributed by atoms with Crippen LogP contribution in [-0.4, -0.2) is 5.91 Å². The number of hydrogen-bond donors (Lipinski definition) is 1. The Morgan fingerprint density at radius 2 is 1.75 bits per heavy atom. The molecular formula is C16H15Cl2NO. The van der Waals surface area contributed by atoms with Crippen LogP contribution in [-0.2, 0) is 11.2 Å². The van der Waals surface area contributed by atoms with Crippen LogP contribution in [0, 0.1) is 0 Å². The first-order valence-electron chi connectivity index (χ1n) is 6.36. The minimum atomic E-state index is -0.357. The van der Waals surface area contributed by atoms with E-state index in [0.717, 1.165) is 12.0 Å². The van der Waals surface area contributed by atoms with Gasteiger partial charge in [-0.05, 0) is 36.1 Å². The molecule has 0 bridgehead atoms. The van der Waals surface area contributed by atoms with Crippen molar-refractivity contribution in [1.82, 2.24) is 0 Å². The predicted octanol–water partition coefficient (Wildman–Crippen LogP) is 4.20. The number of primary amides is 1. The highest BCUT2D eigenvalue weighted by Crippen LogP contribution is 2.28. The molecule has 0 saturated heterocycles. The average molecular weight is 308 g/mol. The maximum absolute atomic E-state index is 11.7. The Kier molecular flexibility index (Phi) is 5.05. The Hall–Kier alpha value is -1.51. The van der Waals surface area contributed by atoms with Crippen LogP contribution in [0.15, 0.2) is 48.5 Å². The summed E-state index contributed by atoms with van der Waals surface area (Å²) in [6.07, 6.45) is 1.44. The molecule has 2 aromatic carbocycles. The van der Waals surface area contributed by atoms with Crippen molar-refractivity contribution in [3.05, 3.63) is 69.7 Å². The van der Waals surface area contributed by atoms with E-state index in [1.807, 2.05) is 30.3 Å². The number of carbonyl (C=O) groups is 1. The van der Waals surface area contributed by atoms with Crippen LogP contribution < -0.4 is 5.73 Å². The third kappa shape index (κ3) is 3.75. The molecule has 2 N–H and O–H groups in total. The average Bonchev–Trinajstić information content (AvgIpc) is 2.43. The second-order valence-electron chi connectivity index (χ2n) is 4.65. The third-order valence-corrected chi connectivity index (χ3v) is 3.99. The molecule has 20 heavy (non-hydrogen) atoms. The number of amides is 1. The largest absolute Gasteiger partial charge is 0.369 e. The number of benzene rings is 2. The van der Waals surface area contributed by atoms with Gasteiger partial charge in [0.25, 0.3) is 0 Å². The van der Waals surface area contributed by atoms with E-state index in [-0.39, 0.29) is 11.8 Å². The van der Waals surface area contributed by atoms with E-state index >= 15 is 0 Å². The minimum absolute atomic E-state index is 0.348. The van der Waals surface area contributed by atoms with Crippen LogP contribution in [0.25, 0.3) is 0 Å². The van der Waals surface area contributed by atoms with Gasteiger partial charge in [0.05, 0.1) is 16.0 Å². The first-order chi connectivity index (χ1) is 9.58. The van der Waals surface area contributed by atoms with Gasteiger partial charge in [0.15, 0.2) is 0 Å². The summed E-state index contributed by atoms with van der Waals surface area (Å²) >= 11 is 11.9. The number of halogens is 2. The lowest BCUT2D eigenvalue weighted by Gasteiger charge is -2.14. The zero-order chi connectivity index (χ0) is 14.5. The number of hydrogen-bond acceptors (Lipinski definition) is 1. The van der Waals surface area contributed by atoms with Crippen molar-refractivity contribution in [2.45, 2.75) is 18.8 Å². The van der Waals surface area contributed by atoms with Crippen molar-refractivity contribution >= 4 is 29.1 Å². The fourth-order valence-corrected chi connectivity index (χ4v) is 2.46. The molecule has 1 atom stereocenters.